The number of carbonyl (C=O) groups is 1. The van der Waals surface area contributed by atoms with E-state index in [1.807, 2.05) is 0 Å². The van der Waals surface area contributed by atoms with E-state index in [0.717, 1.165) is 17.4 Å². The van der Waals surface area contributed by atoms with Gasteiger partial charge in [0, 0.05) is 6.20 Å². The molecule has 0 amide bonds. The summed E-state index contributed by atoms with van der Waals surface area (Å²) in [4.78, 5) is 10.6. The highest BCUT2D eigenvalue weighted by molar-refractivity contribution is 9.11. The number of anilines is 1. The van der Waals surface area contributed by atoms with Crippen LogP contribution in [0.15, 0.2) is 33.1 Å². The molecule has 0 radical (unpaired) electrons. The normalized spacial score (nSPS) is 11.2. The summed E-state index contributed by atoms with van der Waals surface area (Å²) >= 11 is 3.86. The molecule has 19 heavy (non-hydrogen) atoms. The molecule has 0 fully saturated rings. The standard InChI is InChI=1S/C9H6BrN3O4S2/c10-8-6(4-5(18-8)9(14)15)19(16,17)13-7-2-1-3-11-12-7/h1-4H,(H,12,13)(H,14,15). The van der Waals surface area contributed by atoms with E-state index in [4.69, 9.17) is 5.11 Å². The van der Waals surface area contributed by atoms with E-state index in [0.29, 0.717) is 0 Å². The Morgan fingerprint density at radius 1 is 1.47 bits per heavy atom. The summed E-state index contributed by atoms with van der Waals surface area (Å²) < 4.78 is 26.5. The zero-order valence-electron chi connectivity index (χ0n) is 9.07. The van der Waals surface area contributed by atoms with Crippen molar-refractivity contribution in [3.05, 3.63) is 33.1 Å². The van der Waals surface area contributed by atoms with Crippen LogP contribution in [-0.4, -0.2) is 29.7 Å². The van der Waals surface area contributed by atoms with Gasteiger partial charge in [0.15, 0.2) is 5.82 Å². The van der Waals surface area contributed by atoms with E-state index >= 15 is 0 Å². The lowest BCUT2D eigenvalue weighted by atomic mass is 10.5. The third kappa shape index (κ3) is 3.08. The first-order valence-corrected chi connectivity index (χ1v) is 7.82. The number of nitrogens with one attached hydrogen (secondary N) is 1. The van der Waals surface area contributed by atoms with Crippen molar-refractivity contribution in [3.63, 3.8) is 0 Å². The maximum absolute atomic E-state index is 12.1. The van der Waals surface area contributed by atoms with E-state index in [-0.39, 0.29) is 19.4 Å². The number of carboxylic acids is 1. The van der Waals surface area contributed by atoms with Crippen LogP contribution < -0.4 is 4.72 Å². The first-order valence-electron chi connectivity index (χ1n) is 4.73. The molecule has 0 spiro atoms. The molecule has 0 aliphatic heterocycles. The van der Waals surface area contributed by atoms with Gasteiger partial charge in [0.1, 0.15) is 9.77 Å². The van der Waals surface area contributed by atoms with E-state index in [9.17, 15) is 13.2 Å². The van der Waals surface area contributed by atoms with Gasteiger partial charge in [-0.3, -0.25) is 4.72 Å². The molecular weight excluding hydrogens is 358 g/mol. The average molecular weight is 364 g/mol. The molecule has 0 saturated heterocycles. The van der Waals surface area contributed by atoms with Crippen LogP contribution in [0.4, 0.5) is 5.82 Å². The fourth-order valence-electron chi connectivity index (χ4n) is 1.19. The van der Waals surface area contributed by atoms with Gasteiger partial charge in [-0.05, 0) is 34.1 Å². The monoisotopic (exact) mass is 363 g/mol. The van der Waals surface area contributed by atoms with Gasteiger partial charge in [-0.25, -0.2) is 13.2 Å². The molecule has 100 valence electrons. The quantitative estimate of drug-likeness (QED) is 0.856. The van der Waals surface area contributed by atoms with E-state index in [1.54, 1.807) is 0 Å². The van der Waals surface area contributed by atoms with Crippen molar-refractivity contribution in [2.45, 2.75) is 4.90 Å². The first kappa shape index (κ1) is 13.9. The molecule has 2 N–H and O–H groups in total. The lowest BCUT2D eigenvalue weighted by Gasteiger charge is -2.04. The van der Waals surface area contributed by atoms with Crippen molar-refractivity contribution < 1.29 is 18.3 Å². The summed E-state index contributed by atoms with van der Waals surface area (Å²) in [6.45, 7) is 0. The lowest BCUT2D eigenvalue weighted by molar-refractivity contribution is 0.0702. The number of hydrogen-bond donors (Lipinski definition) is 2. The molecule has 0 atom stereocenters. The molecule has 0 unspecified atom stereocenters. The zero-order valence-corrected chi connectivity index (χ0v) is 12.3. The number of carboxylic acid groups (broad SMARTS) is 1. The van der Waals surface area contributed by atoms with Crippen molar-refractivity contribution in [2.24, 2.45) is 0 Å². The predicted octanol–water partition coefficient (Wildman–Crippen LogP) is 1.80. The van der Waals surface area contributed by atoms with Crippen LogP contribution in [0.2, 0.25) is 0 Å². The third-order valence-electron chi connectivity index (χ3n) is 1.97. The SMILES string of the molecule is O=C(O)c1cc(S(=O)(=O)Nc2cccnn2)c(Br)s1. The van der Waals surface area contributed by atoms with Gasteiger partial charge < -0.3 is 5.11 Å². The molecule has 7 nitrogen and oxygen atoms in total. The first-order chi connectivity index (χ1) is 8.90. The lowest BCUT2D eigenvalue weighted by Crippen LogP contribution is -2.14. The highest BCUT2D eigenvalue weighted by atomic mass is 79.9. The van der Waals surface area contributed by atoms with E-state index in [1.165, 1.54) is 18.3 Å². The molecular formula is C9H6BrN3O4S2. The number of aromatic nitrogens is 2. The average Bonchev–Trinajstić information content (AvgIpc) is 2.73. The number of thiophene rings is 1. The minimum atomic E-state index is -3.91. The van der Waals surface area contributed by atoms with Crippen LogP contribution in [0.25, 0.3) is 0 Å². The van der Waals surface area contributed by atoms with Crippen LogP contribution in [0.5, 0.6) is 0 Å². The minimum Gasteiger partial charge on any atom is -0.477 e. The summed E-state index contributed by atoms with van der Waals surface area (Å²) in [6.07, 6.45) is 1.40. The Kier molecular flexibility index (Phi) is 3.83. The third-order valence-corrected chi connectivity index (χ3v) is 5.56. The van der Waals surface area contributed by atoms with Crippen molar-refractivity contribution in [1.82, 2.24) is 10.2 Å². The van der Waals surface area contributed by atoms with Gasteiger partial charge in [0.05, 0.1) is 3.79 Å². The highest BCUT2D eigenvalue weighted by Gasteiger charge is 2.23. The van der Waals surface area contributed by atoms with Crippen LogP contribution in [-0.2, 0) is 10.0 Å². The second-order valence-electron chi connectivity index (χ2n) is 3.27. The van der Waals surface area contributed by atoms with Crippen LogP contribution in [0.3, 0.4) is 0 Å². The van der Waals surface area contributed by atoms with Crippen molar-refractivity contribution >= 4 is 49.1 Å². The highest BCUT2D eigenvalue weighted by Crippen LogP contribution is 2.32. The molecule has 2 aromatic heterocycles. The molecule has 0 bridgehead atoms. The molecule has 0 aromatic carbocycles. The summed E-state index contributed by atoms with van der Waals surface area (Å²) in [5, 5.41) is 16.0. The van der Waals surface area contributed by atoms with Gasteiger partial charge in [0.2, 0.25) is 0 Å². The fourth-order valence-corrected chi connectivity index (χ4v) is 4.59. The number of aromatic carboxylic acids is 1. The second-order valence-corrected chi connectivity index (χ2v) is 7.29. The number of sulfonamides is 1. The van der Waals surface area contributed by atoms with E-state index in [2.05, 4.69) is 30.8 Å². The predicted molar refractivity (Wildman–Crippen MR) is 71.8 cm³/mol. The number of nitrogens with zero attached hydrogens (tertiary/aromatic N) is 2. The van der Waals surface area contributed by atoms with Gasteiger partial charge >= 0.3 is 5.97 Å². The molecule has 2 aromatic rings. The zero-order chi connectivity index (χ0) is 14.0. The van der Waals surface area contributed by atoms with Crippen molar-refractivity contribution in [1.29, 1.82) is 0 Å². The number of halogens is 1. The molecule has 10 heteroatoms. The van der Waals surface area contributed by atoms with Gasteiger partial charge in [-0.15, -0.1) is 16.4 Å². The van der Waals surface area contributed by atoms with Crippen LogP contribution >= 0.6 is 27.3 Å². The molecule has 0 saturated carbocycles. The van der Waals surface area contributed by atoms with Gasteiger partial charge in [-0.1, -0.05) is 0 Å². The molecule has 0 aliphatic carbocycles. The number of rotatable bonds is 4. The molecule has 2 rings (SSSR count). The Morgan fingerprint density at radius 3 is 2.74 bits per heavy atom. The summed E-state index contributed by atoms with van der Waals surface area (Å²) in [7, 11) is -3.91. The Morgan fingerprint density at radius 2 is 2.21 bits per heavy atom. The van der Waals surface area contributed by atoms with Crippen molar-refractivity contribution in [3.8, 4) is 0 Å². The summed E-state index contributed by atoms with van der Waals surface area (Å²) in [6, 6.07) is 4.04. The van der Waals surface area contributed by atoms with Crippen LogP contribution in [0.1, 0.15) is 9.67 Å². The number of hydrogen-bond acceptors (Lipinski definition) is 6. The Bertz CT molecular complexity index is 714. The van der Waals surface area contributed by atoms with Crippen molar-refractivity contribution in [2.75, 3.05) is 4.72 Å². The molecule has 0 aliphatic rings. The summed E-state index contributed by atoms with van der Waals surface area (Å²) in [5.41, 5.74) is 0. The smallest absolute Gasteiger partial charge is 0.345 e. The maximum atomic E-state index is 12.1. The minimum absolute atomic E-state index is 0.0532. The van der Waals surface area contributed by atoms with Crippen LogP contribution in [0, 0.1) is 0 Å². The second kappa shape index (κ2) is 5.23. The Balaban J connectivity index is 2.37. The Hall–Kier alpha value is -1.52. The topological polar surface area (TPSA) is 109 Å². The van der Waals surface area contributed by atoms with Gasteiger partial charge in [-0.2, -0.15) is 5.10 Å². The molecule has 2 heterocycles. The Labute approximate surface area is 120 Å². The summed E-state index contributed by atoms with van der Waals surface area (Å²) in [5.74, 6) is -1.14. The van der Waals surface area contributed by atoms with Gasteiger partial charge in [0.25, 0.3) is 10.0 Å². The maximum Gasteiger partial charge on any atom is 0.345 e. The largest absolute Gasteiger partial charge is 0.477 e. The fraction of sp³-hybridized carbons (Fsp3) is 0. The van der Waals surface area contributed by atoms with E-state index < -0.39 is 16.0 Å².